The fraction of sp³-hybridized carbons (Fsp3) is 0.286. The van der Waals surface area contributed by atoms with Crippen molar-refractivity contribution in [3.05, 3.63) is 62.5 Å². The minimum atomic E-state index is -2.68. The van der Waals surface area contributed by atoms with Gasteiger partial charge in [0, 0.05) is 17.8 Å². The molecule has 2 heterocycles. The minimum Gasteiger partial charge on any atom is -0.352 e. The molecule has 3 aromatic rings. The van der Waals surface area contributed by atoms with E-state index in [2.05, 4.69) is 37.1 Å². The average molecular weight is 477 g/mol. The Morgan fingerprint density at radius 2 is 2.07 bits per heavy atom. The van der Waals surface area contributed by atoms with Crippen molar-refractivity contribution >= 4 is 32.7 Å². The maximum atomic E-state index is 14.6. The molecular weight excluding hydrogens is 461 g/mol. The second-order valence-electron chi connectivity index (χ2n) is 7.19. The zero-order valence-corrected chi connectivity index (χ0v) is 17.4. The maximum absolute atomic E-state index is 14.6. The molecule has 4 rings (SSSR count). The molecule has 0 saturated heterocycles. The summed E-state index contributed by atoms with van der Waals surface area (Å²) < 4.78 is 43.1. The highest BCUT2D eigenvalue weighted by molar-refractivity contribution is 9.10. The van der Waals surface area contributed by atoms with Crippen molar-refractivity contribution in [3.8, 4) is 12.3 Å². The van der Waals surface area contributed by atoms with Gasteiger partial charge < -0.3 is 9.88 Å². The topological polar surface area (TPSA) is 59.8 Å². The molecule has 0 bridgehead atoms. The summed E-state index contributed by atoms with van der Waals surface area (Å²) in [6.07, 6.45) is 4.72. The SMILES string of the molecule is C#C[C@@H](Nc1nc(C)nc2cc(=O)n(C3(C(F)F)CC3)cc12)c1cccc(Br)c1F. The number of hydrogen-bond donors (Lipinski definition) is 1. The average Bonchev–Trinajstić information content (AvgIpc) is 3.49. The van der Waals surface area contributed by atoms with Crippen LogP contribution in [-0.4, -0.2) is 21.0 Å². The molecule has 5 nitrogen and oxygen atoms in total. The van der Waals surface area contributed by atoms with E-state index >= 15 is 0 Å². The third-order valence-corrected chi connectivity index (χ3v) is 5.84. The van der Waals surface area contributed by atoms with Gasteiger partial charge >= 0.3 is 0 Å². The van der Waals surface area contributed by atoms with Crippen molar-refractivity contribution in [2.45, 2.75) is 37.8 Å². The summed E-state index contributed by atoms with van der Waals surface area (Å²) >= 11 is 3.13. The molecule has 1 N–H and O–H groups in total. The fourth-order valence-electron chi connectivity index (χ4n) is 3.46. The summed E-state index contributed by atoms with van der Waals surface area (Å²) in [6, 6.07) is 5.07. The second-order valence-corrected chi connectivity index (χ2v) is 8.05. The Labute approximate surface area is 178 Å². The largest absolute Gasteiger partial charge is 0.352 e. The molecule has 1 saturated carbocycles. The number of hydrogen-bond acceptors (Lipinski definition) is 4. The first-order chi connectivity index (χ1) is 14.3. The van der Waals surface area contributed by atoms with Gasteiger partial charge in [-0.3, -0.25) is 4.79 Å². The Balaban J connectivity index is 1.85. The molecule has 1 aliphatic carbocycles. The molecule has 0 spiro atoms. The standard InChI is InChI=1S/C21H16BrF3N4O/c1-3-15(12-5-4-6-14(22)18(12)23)28-19-13-10-29(21(7-8-21)20(24)25)17(30)9-16(13)26-11(2)27-19/h1,4-6,9-10,15,20H,7-8H2,2H3,(H,26,27,28)/t15-/m1/s1. The highest BCUT2D eigenvalue weighted by Gasteiger charge is 2.53. The van der Waals surface area contributed by atoms with Gasteiger partial charge in [0.2, 0.25) is 0 Å². The summed E-state index contributed by atoms with van der Waals surface area (Å²) in [5.41, 5.74) is -1.55. The van der Waals surface area contributed by atoms with Crippen molar-refractivity contribution in [2.75, 3.05) is 5.32 Å². The van der Waals surface area contributed by atoms with Crippen LogP contribution in [0, 0.1) is 25.1 Å². The van der Waals surface area contributed by atoms with Crippen LogP contribution in [0.2, 0.25) is 0 Å². The molecule has 1 aliphatic rings. The van der Waals surface area contributed by atoms with Gasteiger partial charge in [-0.1, -0.05) is 18.1 Å². The summed E-state index contributed by atoms with van der Waals surface area (Å²) in [5, 5.41) is 3.34. The molecule has 1 fully saturated rings. The zero-order valence-electron chi connectivity index (χ0n) is 15.8. The molecule has 0 amide bonds. The number of nitrogens with one attached hydrogen (secondary N) is 1. The number of pyridine rings is 1. The molecule has 0 radical (unpaired) electrons. The van der Waals surface area contributed by atoms with Gasteiger partial charge in [-0.15, -0.1) is 6.42 Å². The zero-order chi connectivity index (χ0) is 21.6. The molecule has 1 aromatic carbocycles. The van der Waals surface area contributed by atoms with E-state index in [1.807, 2.05) is 0 Å². The number of benzene rings is 1. The third kappa shape index (κ3) is 3.35. The molecule has 2 aromatic heterocycles. The Bertz CT molecular complexity index is 1250. The van der Waals surface area contributed by atoms with Crippen LogP contribution in [0.5, 0.6) is 0 Å². The minimum absolute atomic E-state index is 0.210. The Morgan fingerprint density at radius 1 is 1.33 bits per heavy atom. The van der Waals surface area contributed by atoms with Crippen LogP contribution in [0.1, 0.15) is 30.3 Å². The smallest absolute Gasteiger partial charge is 0.261 e. The highest BCUT2D eigenvalue weighted by atomic mass is 79.9. The first-order valence-corrected chi connectivity index (χ1v) is 9.92. The summed E-state index contributed by atoms with van der Waals surface area (Å²) in [4.78, 5) is 21.1. The lowest BCUT2D eigenvalue weighted by atomic mass is 10.1. The monoisotopic (exact) mass is 476 g/mol. The van der Waals surface area contributed by atoms with Crippen LogP contribution < -0.4 is 10.9 Å². The van der Waals surface area contributed by atoms with Gasteiger partial charge in [0.25, 0.3) is 12.0 Å². The fourth-order valence-corrected chi connectivity index (χ4v) is 3.84. The number of aromatic nitrogens is 3. The Kier molecular flexibility index (Phi) is 5.06. The number of fused-ring (bicyclic) bond motifs is 1. The van der Waals surface area contributed by atoms with Gasteiger partial charge in [-0.25, -0.2) is 23.1 Å². The molecule has 1 atom stereocenters. The summed E-state index contributed by atoms with van der Waals surface area (Å²) in [6.45, 7) is 1.63. The number of halogens is 4. The van der Waals surface area contributed by atoms with Crippen molar-refractivity contribution in [1.29, 1.82) is 0 Å². The van der Waals surface area contributed by atoms with Crippen LogP contribution in [0.15, 0.2) is 39.7 Å². The normalized spacial score (nSPS) is 15.8. The number of terminal acetylenes is 1. The maximum Gasteiger partial charge on any atom is 0.261 e. The highest BCUT2D eigenvalue weighted by Crippen LogP contribution is 2.48. The van der Waals surface area contributed by atoms with Crippen LogP contribution in [-0.2, 0) is 5.54 Å². The lowest BCUT2D eigenvalue weighted by molar-refractivity contribution is 0.0654. The molecular formula is C21H16BrF3N4O. The van der Waals surface area contributed by atoms with Crippen molar-refractivity contribution < 1.29 is 13.2 Å². The van der Waals surface area contributed by atoms with Crippen molar-refractivity contribution in [2.24, 2.45) is 0 Å². The third-order valence-electron chi connectivity index (χ3n) is 5.23. The molecule has 30 heavy (non-hydrogen) atoms. The van der Waals surface area contributed by atoms with E-state index in [1.54, 1.807) is 25.1 Å². The van der Waals surface area contributed by atoms with Crippen LogP contribution in [0.4, 0.5) is 19.0 Å². The lowest BCUT2D eigenvalue weighted by Gasteiger charge is -2.20. The van der Waals surface area contributed by atoms with Gasteiger partial charge in [0.1, 0.15) is 29.0 Å². The predicted molar refractivity (Wildman–Crippen MR) is 111 cm³/mol. The van der Waals surface area contributed by atoms with Gasteiger partial charge in [-0.05, 0) is 41.8 Å². The number of aryl methyl sites for hydroxylation is 1. The number of nitrogens with zero attached hydrogens (tertiary/aromatic N) is 3. The number of alkyl halides is 2. The molecule has 0 unspecified atom stereocenters. The molecule has 154 valence electrons. The number of rotatable bonds is 5. The van der Waals surface area contributed by atoms with Crippen LogP contribution in [0.3, 0.4) is 0 Å². The van der Waals surface area contributed by atoms with Crippen molar-refractivity contribution in [1.82, 2.24) is 14.5 Å². The second kappa shape index (κ2) is 7.43. The van der Waals surface area contributed by atoms with E-state index in [4.69, 9.17) is 6.42 Å². The number of anilines is 1. The quantitative estimate of drug-likeness (QED) is 0.549. The van der Waals surface area contributed by atoms with Crippen molar-refractivity contribution in [3.63, 3.8) is 0 Å². The Hall–Kier alpha value is -2.86. The van der Waals surface area contributed by atoms with Gasteiger partial charge in [0.05, 0.1) is 15.4 Å². The molecule has 9 heteroatoms. The predicted octanol–water partition coefficient (Wildman–Crippen LogP) is 4.54. The summed E-state index contributed by atoms with van der Waals surface area (Å²) in [5.74, 6) is 2.55. The first-order valence-electron chi connectivity index (χ1n) is 9.13. The van der Waals surface area contributed by atoms with E-state index in [0.717, 1.165) is 4.57 Å². The van der Waals surface area contributed by atoms with E-state index < -0.39 is 29.4 Å². The lowest BCUT2D eigenvalue weighted by Crippen LogP contribution is -2.35. The van der Waals surface area contributed by atoms with E-state index in [1.165, 1.54) is 12.3 Å². The summed E-state index contributed by atoms with van der Waals surface area (Å²) in [7, 11) is 0. The van der Waals surface area contributed by atoms with E-state index in [0.29, 0.717) is 16.7 Å². The first kappa shape index (κ1) is 20.4. The van der Waals surface area contributed by atoms with Gasteiger partial charge in [-0.2, -0.15) is 0 Å². The van der Waals surface area contributed by atoms with Crippen LogP contribution >= 0.6 is 15.9 Å². The Morgan fingerprint density at radius 3 is 2.70 bits per heavy atom. The van der Waals surface area contributed by atoms with E-state index in [9.17, 15) is 18.0 Å². The van der Waals surface area contributed by atoms with Crippen LogP contribution in [0.25, 0.3) is 10.9 Å². The molecule has 0 aliphatic heterocycles. The van der Waals surface area contributed by atoms with Gasteiger partial charge in [0.15, 0.2) is 0 Å². The van der Waals surface area contributed by atoms with E-state index in [-0.39, 0.29) is 28.7 Å².